The molecule has 1 aromatic rings. The van der Waals surface area contributed by atoms with Crippen molar-refractivity contribution in [3.05, 3.63) is 23.9 Å². The summed E-state index contributed by atoms with van der Waals surface area (Å²) in [5.74, 6) is -1.04. The Balaban J connectivity index is 2.83. The Bertz CT molecular complexity index is 434. The molecule has 0 unspecified atom stereocenters. The van der Waals surface area contributed by atoms with E-state index in [9.17, 15) is 9.59 Å². The van der Waals surface area contributed by atoms with Crippen LogP contribution in [0.5, 0.6) is 0 Å². The zero-order valence-electron chi connectivity index (χ0n) is 10.4. The highest BCUT2D eigenvalue weighted by Crippen LogP contribution is 2.11. The molecule has 0 aromatic carbocycles. The molecule has 0 aliphatic carbocycles. The number of amides is 1. The van der Waals surface area contributed by atoms with Gasteiger partial charge in [-0.1, -0.05) is 13.3 Å². The quantitative estimate of drug-likeness (QED) is 0.704. The summed E-state index contributed by atoms with van der Waals surface area (Å²) in [7, 11) is 1.65. The van der Waals surface area contributed by atoms with Gasteiger partial charge >= 0.3 is 5.97 Å². The summed E-state index contributed by atoms with van der Waals surface area (Å²) in [5, 5.41) is 14.3. The van der Waals surface area contributed by atoms with Gasteiger partial charge in [0.1, 0.15) is 11.9 Å². The summed E-state index contributed by atoms with van der Waals surface area (Å²) in [6.07, 6.45) is 2.64. The SMILES string of the molecule is CCC[C@H](NC(=O)c1cccnc1NC)C(=O)O. The molecular formula is C12H17N3O3. The predicted molar refractivity (Wildman–Crippen MR) is 67.6 cm³/mol. The van der Waals surface area contributed by atoms with E-state index in [1.807, 2.05) is 6.92 Å². The third-order valence-electron chi connectivity index (χ3n) is 2.47. The van der Waals surface area contributed by atoms with Crippen LogP contribution < -0.4 is 10.6 Å². The molecule has 0 saturated heterocycles. The number of aromatic nitrogens is 1. The lowest BCUT2D eigenvalue weighted by Gasteiger charge is -2.14. The standard InChI is InChI=1S/C12H17N3O3/c1-3-5-9(12(17)18)15-11(16)8-6-4-7-14-10(8)13-2/h4,6-7,9H,3,5H2,1-2H3,(H,13,14)(H,15,16)(H,17,18)/t9-/m0/s1. The highest BCUT2D eigenvalue weighted by atomic mass is 16.4. The van der Waals surface area contributed by atoms with Crippen molar-refractivity contribution in [3.63, 3.8) is 0 Å². The molecule has 1 atom stereocenters. The number of carbonyl (C=O) groups excluding carboxylic acids is 1. The van der Waals surface area contributed by atoms with Gasteiger partial charge in [0, 0.05) is 13.2 Å². The van der Waals surface area contributed by atoms with Crippen LogP contribution in [0.15, 0.2) is 18.3 Å². The van der Waals surface area contributed by atoms with Crippen molar-refractivity contribution in [2.75, 3.05) is 12.4 Å². The minimum absolute atomic E-state index is 0.336. The fourth-order valence-corrected chi connectivity index (χ4v) is 1.57. The molecule has 1 amide bonds. The Morgan fingerprint density at radius 1 is 1.50 bits per heavy atom. The first-order valence-electron chi connectivity index (χ1n) is 5.76. The maximum atomic E-state index is 12.0. The lowest BCUT2D eigenvalue weighted by atomic mass is 10.1. The van der Waals surface area contributed by atoms with Crippen LogP contribution in [0.3, 0.4) is 0 Å². The van der Waals surface area contributed by atoms with Gasteiger partial charge in [-0.15, -0.1) is 0 Å². The molecule has 6 nitrogen and oxygen atoms in total. The van der Waals surface area contributed by atoms with Crippen LogP contribution in [0.2, 0.25) is 0 Å². The molecule has 1 aromatic heterocycles. The third-order valence-corrected chi connectivity index (χ3v) is 2.47. The number of anilines is 1. The fraction of sp³-hybridized carbons (Fsp3) is 0.417. The number of pyridine rings is 1. The number of aliphatic carboxylic acids is 1. The number of hydrogen-bond donors (Lipinski definition) is 3. The third kappa shape index (κ3) is 3.44. The summed E-state index contributed by atoms with van der Waals surface area (Å²) in [5.41, 5.74) is 0.336. The van der Waals surface area contributed by atoms with Crippen molar-refractivity contribution in [1.29, 1.82) is 0 Å². The second kappa shape index (κ2) is 6.58. The smallest absolute Gasteiger partial charge is 0.326 e. The van der Waals surface area contributed by atoms with Crippen LogP contribution >= 0.6 is 0 Å². The van der Waals surface area contributed by atoms with Gasteiger partial charge in [0.25, 0.3) is 5.91 Å². The van der Waals surface area contributed by atoms with Crippen LogP contribution in [-0.2, 0) is 4.79 Å². The van der Waals surface area contributed by atoms with E-state index in [-0.39, 0.29) is 0 Å². The van der Waals surface area contributed by atoms with E-state index < -0.39 is 17.9 Å². The average Bonchev–Trinajstić information content (AvgIpc) is 2.37. The number of carboxylic acids is 1. The summed E-state index contributed by atoms with van der Waals surface area (Å²) in [4.78, 5) is 26.9. The highest BCUT2D eigenvalue weighted by Gasteiger charge is 2.21. The number of carbonyl (C=O) groups is 2. The molecule has 0 bridgehead atoms. The first-order chi connectivity index (χ1) is 8.60. The van der Waals surface area contributed by atoms with Gasteiger partial charge in [-0.2, -0.15) is 0 Å². The zero-order chi connectivity index (χ0) is 13.5. The Kier molecular flexibility index (Phi) is 5.10. The van der Waals surface area contributed by atoms with Gasteiger partial charge in [0.2, 0.25) is 0 Å². The highest BCUT2D eigenvalue weighted by molar-refractivity contribution is 6.00. The minimum atomic E-state index is -1.03. The van der Waals surface area contributed by atoms with Gasteiger partial charge < -0.3 is 15.7 Å². The molecule has 3 N–H and O–H groups in total. The van der Waals surface area contributed by atoms with Gasteiger partial charge in [-0.3, -0.25) is 4.79 Å². The fourth-order valence-electron chi connectivity index (χ4n) is 1.57. The van der Waals surface area contributed by atoms with Crippen molar-refractivity contribution in [2.24, 2.45) is 0 Å². The van der Waals surface area contributed by atoms with Crippen molar-refractivity contribution >= 4 is 17.7 Å². The topological polar surface area (TPSA) is 91.3 Å². The second-order valence-corrected chi connectivity index (χ2v) is 3.80. The summed E-state index contributed by atoms with van der Waals surface area (Å²) >= 11 is 0. The Morgan fingerprint density at radius 2 is 2.22 bits per heavy atom. The van der Waals surface area contributed by atoms with E-state index in [0.29, 0.717) is 24.2 Å². The van der Waals surface area contributed by atoms with E-state index >= 15 is 0 Å². The van der Waals surface area contributed by atoms with Crippen molar-refractivity contribution in [1.82, 2.24) is 10.3 Å². The summed E-state index contributed by atoms with van der Waals surface area (Å²) in [6.45, 7) is 1.87. The predicted octanol–water partition coefficient (Wildman–Crippen LogP) is 1.11. The van der Waals surface area contributed by atoms with E-state index in [4.69, 9.17) is 5.11 Å². The number of nitrogens with one attached hydrogen (secondary N) is 2. The molecule has 0 spiro atoms. The first-order valence-corrected chi connectivity index (χ1v) is 5.76. The maximum Gasteiger partial charge on any atom is 0.326 e. The molecule has 0 fully saturated rings. The molecule has 0 aliphatic heterocycles. The first kappa shape index (κ1) is 14.0. The Labute approximate surface area is 105 Å². The van der Waals surface area contributed by atoms with Gasteiger partial charge in [0.05, 0.1) is 5.56 Å². The molecule has 0 aliphatic rings. The van der Waals surface area contributed by atoms with E-state index in [1.54, 1.807) is 25.4 Å². The van der Waals surface area contributed by atoms with Crippen molar-refractivity contribution in [2.45, 2.75) is 25.8 Å². The Hall–Kier alpha value is -2.11. The van der Waals surface area contributed by atoms with Gasteiger partial charge in [-0.25, -0.2) is 9.78 Å². The Morgan fingerprint density at radius 3 is 2.78 bits per heavy atom. The monoisotopic (exact) mass is 251 g/mol. The van der Waals surface area contributed by atoms with Crippen LogP contribution in [0.1, 0.15) is 30.1 Å². The second-order valence-electron chi connectivity index (χ2n) is 3.80. The van der Waals surface area contributed by atoms with Crippen LogP contribution in [-0.4, -0.2) is 35.1 Å². The lowest BCUT2D eigenvalue weighted by molar-refractivity contribution is -0.139. The summed E-state index contributed by atoms with van der Waals surface area (Å²) < 4.78 is 0. The average molecular weight is 251 g/mol. The number of carboxylic acid groups (broad SMARTS) is 1. The molecule has 6 heteroatoms. The van der Waals surface area contributed by atoms with Crippen molar-refractivity contribution < 1.29 is 14.7 Å². The largest absolute Gasteiger partial charge is 0.480 e. The molecule has 1 heterocycles. The molecule has 1 rings (SSSR count). The molecule has 18 heavy (non-hydrogen) atoms. The lowest BCUT2D eigenvalue weighted by Crippen LogP contribution is -2.40. The molecular weight excluding hydrogens is 234 g/mol. The molecule has 0 radical (unpaired) electrons. The molecule has 98 valence electrons. The zero-order valence-corrected chi connectivity index (χ0v) is 10.4. The van der Waals surface area contributed by atoms with E-state index in [1.165, 1.54) is 0 Å². The maximum absolute atomic E-state index is 12.0. The van der Waals surface area contributed by atoms with Crippen LogP contribution in [0.4, 0.5) is 5.82 Å². The summed E-state index contributed by atoms with van der Waals surface area (Å²) in [6, 6.07) is 2.36. The molecule has 0 saturated carbocycles. The van der Waals surface area contributed by atoms with Gasteiger partial charge in [-0.05, 0) is 18.6 Å². The van der Waals surface area contributed by atoms with Gasteiger partial charge in [0.15, 0.2) is 0 Å². The van der Waals surface area contributed by atoms with Crippen LogP contribution in [0, 0.1) is 0 Å². The van der Waals surface area contributed by atoms with Crippen LogP contribution in [0.25, 0.3) is 0 Å². The van der Waals surface area contributed by atoms with Crippen molar-refractivity contribution in [3.8, 4) is 0 Å². The number of nitrogens with zero attached hydrogens (tertiary/aromatic N) is 1. The number of rotatable bonds is 6. The minimum Gasteiger partial charge on any atom is -0.480 e. The van der Waals surface area contributed by atoms with E-state index in [0.717, 1.165) is 0 Å². The normalized spacial score (nSPS) is 11.7. The number of hydrogen-bond acceptors (Lipinski definition) is 4. The van der Waals surface area contributed by atoms with E-state index in [2.05, 4.69) is 15.6 Å².